The molecule has 0 aliphatic heterocycles. The Labute approximate surface area is 74.0 Å². The molecule has 0 saturated heterocycles. The van der Waals surface area contributed by atoms with E-state index in [1.807, 2.05) is 27.7 Å². The van der Waals surface area contributed by atoms with Crippen molar-refractivity contribution in [1.29, 1.82) is 0 Å². The van der Waals surface area contributed by atoms with Crippen LogP contribution >= 0.6 is 0 Å². The standard InChI is InChI=1S/C9H18O3/c1-6-8(11-7(2)10)12-9(3,4)5/h8H,6H2,1-5H3. The molecule has 12 heavy (non-hydrogen) atoms. The van der Waals surface area contributed by atoms with E-state index in [1.165, 1.54) is 6.92 Å². The Kier molecular flexibility index (Phi) is 4.24. The molecule has 0 radical (unpaired) electrons. The number of esters is 1. The van der Waals surface area contributed by atoms with Crippen molar-refractivity contribution in [3.05, 3.63) is 0 Å². The van der Waals surface area contributed by atoms with Crippen LogP contribution in [0.4, 0.5) is 0 Å². The molecule has 0 spiro atoms. The zero-order valence-corrected chi connectivity index (χ0v) is 8.51. The number of hydrogen-bond acceptors (Lipinski definition) is 3. The van der Waals surface area contributed by atoms with Crippen LogP contribution in [0, 0.1) is 0 Å². The molecule has 3 heteroatoms. The van der Waals surface area contributed by atoms with Gasteiger partial charge in [-0.2, -0.15) is 0 Å². The van der Waals surface area contributed by atoms with Crippen molar-refractivity contribution in [2.45, 2.75) is 52.9 Å². The zero-order valence-electron chi connectivity index (χ0n) is 8.51. The highest BCUT2D eigenvalue weighted by Crippen LogP contribution is 2.13. The first-order chi connectivity index (χ1) is 5.35. The first-order valence-corrected chi connectivity index (χ1v) is 4.20. The fourth-order valence-corrected chi connectivity index (χ4v) is 0.770. The monoisotopic (exact) mass is 174 g/mol. The van der Waals surface area contributed by atoms with Crippen LogP contribution in [0.1, 0.15) is 41.0 Å². The lowest BCUT2D eigenvalue weighted by molar-refractivity contribution is -0.201. The van der Waals surface area contributed by atoms with Crippen molar-refractivity contribution in [2.75, 3.05) is 0 Å². The fourth-order valence-electron chi connectivity index (χ4n) is 0.770. The summed E-state index contributed by atoms with van der Waals surface area (Å²) in [6.45, 7) is 9.09. The second kappa shape index (κ2) is 4.45. The Balaban J connectivity index is 3.92. The van der Waals surface area contributed by atoms with Gasteiger partial charge >= 0.3 is 5.97 Å². The molecule has 0 N–H and O–H groups in total. The van der Waals surface area contributed by atoms with E-state index >= 15 is 0 Å². The van der Waals surface area contributed by atoms with Crippen LogP contribution in [0.2, 0.25) is 0 Å². The van der Waals surface area contributed by atoms with Crippen molar-refractivity contribution in [2.24, 2.45) is 0 Å². The van der Waals surface area contributed by atoms with Crippen molar-refractivity contribution >= 4 is 5.97 Å². The first kappa shape index (κ1) is 11.4. The van der Waals surface area contributed by atoms with Crippen LogP contribution in [0.25, 0.3) is 0 Å². The summed E-state index contributed by atoms with van der Waals surface area (Å²) in [4.78, 5) is 10.6. The Morgan fingerprint density at radius 1 is 1.42 bits per heavy atom. The minimum atomic E-state index is -0.414. The summed E-state index contributed by atoms with van der Waals surface area (Å²) in [5.74, 6) is -0.300. The molecule has 72 valence electrons. The highest BCUT2D eigenvalue weighted by Gasteiger charge is 2.18. The van der Waals surface area contributed by atoms with Crippen molar-refractivity contribution in [3.8, 4) is 0 Å². The van der Waals surface area contributed by atoms with Crippen LogP contribution in [0.5, 0.6) is 0 Å². The summed E-state index contributed by atoms with van der Waals surface area (Å²) in [7, 11) is 0. The SMILES string of the molecule is CCC(OC(C)=O)OC(C)(C)C. The van der Waals surface area contributed by atoms with Gasteiger partial charge in [0.25, 0.3) is 0 Å². The van der Waals surface area contributed by atoms with Gasteiger partial charge in [0, 0.05) is 13.3 Å². The summed E-state index contributed by atoms with van der Waals surface area (Å²) in [6.07, 6.45) is 0.263. The maximum atomic E-state index is 10.6. The molecular weight excluding hydrogens is 156 g/mol. The largest absolute Gasteiger partial charge is 0.436 e. The molecule has 1 atom stereocenters. The lowest BCUT2D eigenvalue weighted by Gasteiger charge is -2.25. The number of carbonyl (C=O) groups is 1. The van der Waals surface area contributed by atoms with E-state index in [0.29, 0.717) is 6.42 Å². The van der Waals surface area contributed by atoms with Gasteiger partial charge in [-0.3, -0.25) is 4.79 Å². The lowest BCUT2D eigenvalue weighted by Crippen LogP contribution is -2.30. The number of hydrogen-bond donors (Lipinski definition) is 0. The van der Waals surface area contributed by atoms with E-state index in [1.54, 1.807) is 0 Å². The van der Waals surface area contributed by atoms with Crippen molar-refractivity contribution in [1.82, 2.24) is 0 Å². The third-order valence-electron chi connectivity index (χ3n) is 1.12. The molecule has 0 rings (SSSR count). The van der Waals surface area contributed by atoms with Gasteiger partial charge in [-0.15, -0.1) is 0 Å². The summed E-state index contributed by atoms with van der Waals surface area (Å²) in [5.41, 5.74) is -0.268. The maximum Gasteiger partial charge on any atom is 0.304 e. The van der Waals surface area contributed by atoms with E-state index in [-0.39, 0.29) is 11.6 Å². The van der Waals surface area contributed by atoms with Gasteiger partial charge in [-0.05, 0) is 20.8 Å². The second-order valence-electron chi connectivity index (χ2n) is 3.68. The van der Waals surface area contributed by atoms with E-state index in [0.717, 1.165) is 0 Å². The minimum Gasteiger partial charge on any atom is -0.436 e. The molecule has 1 unspecified atom stereocenters. The van der Waals surface area contributed by atoms with Crippen LogP contribution in [-0.2, 0) is 14.3 Å². The number of ether oxygens (including phenoxy) is 2. The minimum absolute atomic E-state index is 0.268. The average molecular weight is 174 g/mol. The molecule has 0 aromatic carbocycles. The fraction of sp³-hybridized carbons (Fsp3) is 0.889. The van der Waals surface area contributed by atoms with E-state index in [2.05, 4.69) is 0 Å². The van der Waals surface area contributed by atoms with E-state index < -0.39 is 6.29 Å². The zero-order chi connectivity index (χ0) is 9.78. The van der Waals surface area contributed by atoms with Crippen molar-refractivity contribution < 1.29 is 14.3 Å². The summed E-state index contributed by atoms with van der Waals surface area (Å²) < 4.78 is 10.4. The highest BCUT2D eigenvalue weighted by atomic mass is 16.7. The van der Waals surface area contributed by atoms with Gasteiger partial charge in [0.05, 0.1) is 5.60 Å². The summed E-state index contributed by atoms with van der Waals surface area (Å²) in [5, 5.41) is 0. The molecule has 0 fully saturated rings. The third kappa shape index (κ3) is 6.16. The highest BCUT2D eigenvalue weighted by molar-refractivity contribution is 5.66. The molecule has 3 nitrogen and oxygen atoms in total. The normalized spacial score (nSPS) is 14.1. The molecule has 0 heterocycles. The van der Waals surface area contributed by atoms with Gasteiger partial charge in [-0.1, -0.05) is 6.92 Å². The van der Waals surface area contributed by atoms with Gasteiger partial charge < -0.3 is 9.47 Å². The number of carbonyl (C=O) groups excluding carboxylic acids is 1. The summed E-state index contributed by atoms with van der Waals surface area (Å²) in [6, 6.07) is 0. The van der Waals surface area contributed by atoms with Crippen LogP contribution < -0.4 is 0 Å². The molecule has 0 saturated carbocycles. The van der Waals surface area contributed by atoms with Crippen LogP contribution in [-0.4, -0.2) is 17.9 Å². The van der Waals surface area contributed by atoms with Gasteiger partial charge in [0.2, 0.25) is 6.29 Å². The summed E-state index contributed by atoms with van der Waals surface area (Å²) >= 11 is 0. The van der Waals surface area contributed by atoms with Crippen LogP contribution in [0.3, 0.4) is 0 Å². The molecular formula is C9H18O3. The topological polar surface area (TPSA) is 35.5 Å². The quantitative estimate of drug-likeness (QED) is 0.485. The second-order valence-corrected chi connectivity index (χ2v) is 3.68. The van der Waals surface area contributed by atoms with Gasteiger partial charge in [0.1, 0.15) is 0 Å². The van der Waals surface area contributed by atoms with Crippen LogP contribution in [0.15, 0.2) is 0 Å². The molecule has 0 aromatic heterocycles. The Hall–Kier alpha value is -0.570. The Bertz CT molecular complexity index is 146. The van der Waals surface area contributed by atoms with Gasteiger partial charge in [-0.25, -0.2) is 0 Å². The predicted octanol–water partition coefficient (Wildman–Crippen LogP) is 2.10. The third-order valence-corrected chi connectivity index (χ3v) is 1.12. The maximum absolute atomic E-state index is 10.6. The molecule has 0 amide bonds. The molecule has 0 aliphatic carbocycles. The Morgan fingerprint density at radius 3 is 2.17 bits per heavy atom. The molecule has 0 bridgehead atoms. The molecule has 0 aromatic rings. The Morgan fingerprint density at radius 2 is 1.92 bits per heavy atom. The van der Waals surface area contributed by atoms with E-state index in [4.69, 9.17) is 9.47 Å². The van der Waals surface area contributed by atoms with Crippen molar-refractivity contribution in [3.63, 3.8) is 0 Å². The average Bonchev–Trinajstić information content (AvgIpc) is 1.82. The smallest absolute Gasteiger partial charge is 0.304 e. The predicted molar refractivity (Wildman–Crippen MR) is 46.7 cm³/mol. The van der Waals surface area contributed by atoms with Gasteiger partial charge in [0.15, 0.2) is 0 Å². The first-order valence-electron chi connectivity index (χ1n) is 4.20. The molecule has 0 aliphatic rings. The number of rotatable bonds is 3. The van der Waals surface area contributed by atoms with E-state index in [9.17, 15) is 4.79 Å². The lowest BCUT2D eigenvalue weighted by atomic mass is 10.2.